The van der Waals surface area contributed by atoms with Crippen LogP contribution in [-0.2, 0) is 9.53 Å². The van der Waals surface area contributed by atoms with Gasteiger partial charge in [-0.1, -0.05) is 35.9 Å². The molecule has 0 aliphatic carbocycles. The molecule has 1 N–H and O–H groups in total. The number of piperazine rings is 1. The van der Waals surface area contributed by atoms with Crippen LogP contribution in [0.5, 0.6) is 0 Å². The molecule has 1 heterocycles. The molecule has 0 unspecified atom stereocenters. The van der Waals surface area contributed by atoms with Gasteiger partial charge in [0.2, 0.25) is 5.91 Å². The lowest BCUT2D eigenvalue weighted by Gasteiger charge is -2.35. The SMILES string of the molecule is CC(C)(C)OC(=O)N1CCN(C(=O)CNc2ccc(Cl)c3ccccc23)CC1. The Hall–Kier alpha value is -2.47. The highest BCUT2D eigenvalue weighted by molar-refractivity contribution is 6.36. The van der Waals surface area contributed by atoms with Gasteiger partial charge < -0.3 is 19.9 Å². The van der Waals surface area contributed by atoms with Crippen molar-refractivity contribution in [3.8, 4) is 0 Å². The number of halogens is 1. The number of carbonyl (C=O) groups is 2. The largest absolute Gasteiger partial charge is 0.444 e. The van der Waals surface area contributed by atoms with Gasteiger partial charge in [0.1, 0.15) is 5.60 Å². The van der Waals surface area contributed by atoms with Gasteiger partial charge in [-0.25, -0.2) is 4.79 Å². The molecule has 1 saturated heterocycles. The van der Waals surface area contributed by atoms with Crippen molar-refractivity contribution in [3.63, 3.8) is 0 Å². The molecule has 0 bridgehead atoms. The monoisotopic (exact) mass is 403 g/mol. The van der Waals surface area contributed by atoms with Crippen LogP contribution in [0.25, 0.3) is 10.8 Å². The van der Waals surface area contributed by atoms with Gasteiger partial charge in [-0.15, -0.1) is 0 Å². The summed E-state index contributed by atoms with van der Waals surface area (Å²) in [6.45, 7) is 7.68. The van der Waals surface area contributed by atoms with Gasteiger partial charge in [0, 0.05) is 47.7 Å². The van der Waals surface area contributed by atoms with Crippen LogP contribution < -0.4 is 5.32 Å². The van der Waals surface area contributed by atoms with Crippen LogP contribution in [0, 0.1) is 0 Å². The summed E-state index contributed by atoms with van der Waals surface area (Å²) in [7, 11) is 0. The summed E-state index contributed by atoms with van der Waals surface area (Å²) in [5.74, 6) is 0.00266. The van der Waals surface area contributed by atoms with E-state index < -0.39 is 5.60 Å². The molecule has 7 heteroatoms. The molecule has 2 amide bonds. The molecule has 0 saturated carbocycles. The Kier molecular flexibility index (Phi) is 5.98. The number of rotatable bonds is 3. The normalized spacial score (nSPS) is 14.9. The zero-order valence-electron chi connectivity index (χ0n) is 16.5. The maximum absolute atomic E-state index is 12.6. The van der Waals surface area contributed by atoms with Crippen molar-refractivity contribution in [1.29, 1.82) is 0 Å². The molecule has 28 heavy (non-hydrogen) atoms. The summed E-state index contributed by atoms with van der Waals surface area (Å²) in [5.41, 5.74) is 0.357. The minimum atomic E-state index is -0.519. The lowest BCUT2D eigenvalue weighted by atomic mass is 10.1. The topological polar surface area (TPSA) is 61.9 Å². The van der Waals surface area contributed by atoms with Gasteiger partial charge in [0.25, 0.3) is 0 Å². The standard InChI is InChI=1S/C21H26ClN3O3/c1-21(2,3)28-20(27)25-12-10-24(11-13-25)19(26)14-23-18-9-8-17(22)15-6-4-5-7-16(15)18/h4-9,23H,10-14H2,1-3H3. The fraction of sp³-hybridized carbons (Fsp3) is 0.429. The molecule has 1 fully saturated rings. The number of carbonyl (C=O) groups excluding carboxylic acids is 2. The van der Waals surface area contributed by atoms with Crippen LogP contribution in [-0.4, -0.2) is 60.1 Å². The molecule has 2 aromatic carbocycles. The average Bonchev–Trinajstić information content (AvgIpc) is 2.66. The summed E-state index contributed by atoms with van der Waals surface area (Å²) in [6, 6.07) is 11.5. The van der Waals surface area contributed by atoms with Crippen LogP contribution in [0.3, 0.4) is 0 Å². The van der Waals surface area contributed by atoms with E-state index in [-0.39, 0.29) is 18.5 Å². The van der Waals surface area contributed by atoms with Gasteiger partial charge >= 0.3 is 6.09 Å². The smallest absolute Gasteiger partial charge is 0.410 e. The lowest BCUT2D eigenvalue weighted by molar-refractivity contribution is -0.131. The number of hydrogen-bond acceptors (Lipinski definition) is 4. The van der Waals surface area contributed by atoms with E-state index >= 15 is 0 Å². The third-order valence-corrected chi connectivity index (χ3v) is 4.91. The molecular weight excluding hydrogens is 378 g/mol. The molecule has 150 valence electrons. The molecule has 2 aromatic rings. The number of amides is 2. The van der Waals surface area contributed by atoms with Crippen molar-refractivity contribution in [2.24, 2.45) is 0 Å². The predicted molar refractivity (Wildman–Crippen MR) is 112 cm³/mol. The van der Waals surface area contributed by atoms with Gasteiger partial charge in [-0.2, -0.15) is 0 Å². The molecule has 0 spiro atoms. The van der Waals surface area contributed by atoms with Crippen LogP contribution in [0.2, 0.25) is 5.02 Å². The van der Waals surface area contributed by atoms with E-state index in [4.69, 9.17) is 16.3 Å². The summed E-state index contributed by atoms with van der Waals surface area (Å²) >= 11 is 6.25. The number of nitrogens with zero attached hydrogens (tertiary/aromatic N) is 2. The number of benzene rings is 2. The van der Waals surface area contributed by atoms with E-state index in [1.807, 2.05) is 57.2 Å². The van der Waals surface area contributed by atoms with E-state index in [9.17, 15) is 9.59 Å². The first kappa shape index (κ1) is 20.3. The number of fused-ring (bicyclic) bond motifs is 1. The maximum Gasteiger partial charge on any atom is 0.410 e. The lowest BCUT2D eigenvalue weighted by Crippen LogP contribution is -2.52. The van der Waals surface area contributed by atoms with Crippen molar-refractivity contribution in [2.75, 3.05) is 38.0 Å². The van der Waals surface area contributed by atoms with Crippen molar-refractivity contribution >= 4 is 40.1 Å². The maximum atomic E-state index is 12.6. The fourth-order valence-corrected chi connectivity index (χ4v) is 3.39. The van der Waals surface area contributed by atoms with Gasteiger partial charge in [0.05, 0.1) is 6.54 Å². The van der Waals surface area contributed by atoms with Crippen molar-refractivity contribution in [1.82, 2.24) is 9.80 Å². The Labute approximate surface area is 170 Å². The van der Waals surface area contributed by atoms with E-state index in [1.165, 1.54) is 0 Å². The first-order valence-electron chi connectivity index (χ1n) is 9.41. The number of ether oxygens (including phenoxy) is 1. The zero-order chi connectivity index (χ0) is 20.3. The van der Waals surface area contributed by atoms with Gasteiger partial charge in [-0.3, -0.25) is 4.79 Å². The highest BCUT2D eigenvalue weighted by atomic mass is 35.5. The summed E-state index contributed by atoms with van der Waals surface area (Å²) in [4.78, 5) is 28.1. The zero-order valence-corrected chi connectivity index (χ0v) is 17.3. The molecule has 1 aliphatic heterocycles. The minimum absolute atomic E-state index is 0.00266. The van der Waals surface area contributed by atoms with Crippen molar-refractivity contribution < 1.29 is 14.3 Å². The molecule has 1 aliphatic rings. The van der Waals surface area contributed by atoms with E-state index in [2.05, 4.69) is 5.32 Å². The molecule has 0 radical (unpaired) electrons. The number of anilines is 1. The third kappa shape index (κ3) is 4.87. The second kappa shape index (κ2) is 8.27. The van der Waals surface area contributed by atoms with E-state index in [0.717, 1.165) is 16.5 Å². The highest BCUT2D eigenvalue weighted by Gasteiger charge is 2.27. The molecular formula is C21H26ClN3O3. The molecule has 0 atom stereocenters. The predicted octanol–water partition coefficient (Wildman–Crippen LogP) is 3.98. The first-order chi connectivity index (χ1) is 13.2. The average molecular weight is 404 g/mol. The van der Waals surface area contributed by atoms with Crippen LogP contribution >= 0.6 is 11.6 Å². The quantitative estimate of drug-likeness (QED) is 0.841. The summed E-state index contributed by atoms with van der Waals surface area (Å²) in [5, 5.41) is 5.84. The number of nitrogens with one attached hydrogen (secondary N) is 1. The van der Waals surface area contributed by atoms with Crippen molar-refractivity contribution in [2.45, 2.75) is 26.4 Å². The van der Waals surface area contributed by atoms with Gasteiger partial charge in [0.15, 0.2) is 0 Å². The second-order valence-electron chi connectivity index (χ2n) is 7.84. The van der Waals surface area contributed by atoms with Crippen LogP contribution in [0.4, 0.5) is 10.5 Å². The Bertz CT molecular complexity index is 871. The summed E-state index contributed by atoms with van der Waals surface area (Å²) in [6.07, 6.45) is -0.328. The third-order valence-electron chi connectivity index (χ3n) is 4.59. The Morgan fingerprint density at radius 3 is 2.25 bits per heavy atom. The molecule has 6 nitrogen and oxygen atoms in total. The van der Waals surface area contributed by atoms with Crippen LogP contribution in [0.1, 0.15) is 20.8 Å². The fourth-order valence-electron chi connectivity index (χ4n) is 3.16. The number of hydrogen-bond donors (Lipinski definition) is 1. The van der Waals surface area contributed by atoms with E-state index in [0.29, 0.717) is 31.2 Å². The van der Waals surface area contributed by atoms with E-state index in [1.54, 1.807) is 9.80 Å². The molecule has 3 rings (SSSR count). The second-order valence-corrected chi connectivity index (χ2v) is 8.25. The Balaban J connectivity index is 1.55. The Morgan fingerprint density at radius 1 is 1.00 bits per heavy atom. The minimum Gasteiger partial charge on any atom is -0.444 e. The highest BCUT2D eigenvalue weighted by Crippen LogP contribution is 2.29. The Morgan fingerprint density at radius 2 is 1.61 bits per heavy atom. The molecule has 0 aromatic heterocycles. The summed E-state index contributed by atoms with van der Waals surface area (Å²) < 4.78 is 5.39. The van der Waals surface area contributed by atoms with Gasteiger partial charge in [-0.05, 0) is 32.9 Å². The van der Waals surface area contributed by atoms with Crippen LogP contribution in [0.15, 0.2) is 36.4 Å². The first-order valence-corrected chi connectivity index (χ1v) is 9.79. The van der Waals surface area contributed by atoms with Crippen molar-refractivity contribution in [3.05, 3.63) is 41.4 Å².